The number of ether oxygens (including phenoxy) is 1. The van der Waals surface area contributed by atoms with Gasteiger partial charge in [-0.05, 0) is 24.6 Å². The van der Waals surface area contributed by atoms with E-state index in [4.69, 9.17) is 9.84 Å². The molecule has 0 bridgehead atoms. The third kappa shape index (κ3) is 3.81. The van der Waals surface area contributed by atoms with Crippen LogP contribution in [0.1, 0.15) is 12.5 Å². The fourth-order valence-electron chi connectivity index (χ4n) is 1.07. The molecule has 0 fully saturated rings. The van der Waals surface area contributed by atoms with Crippen molar-refractivity contribution in [3.8, 4) is 0 Å². The molecule has 4 nitrogen and oxygen atoms in total. The van der Waals surface area contributed by atoms with Gasteiger partial charge in [0.1, 0.15) is 0 Å². The van der Waals surface area contributed by atoms with Crippen LogP contribution < -0.4 is 0 Å². The highest BCUT2D eigenvalue weighted by Gasteiger charge is 2.08. The van der Waals surface area contributed by atoms with Crippen molar-refractivity contribution in [1.82, 2.24) is 4.98 Å². The Labute approximate surface area is 88.2 Å². The van der Waals surface area contributed by atoms with Gasteiger partial charge in [0.25, 0.3) is 0 Å². The average Bonchev–Trinajstić information content (AvgIpc) is 2.25. The van der Waals surface area contributed by atoms with Crippen LogP contribution in [0.5, 0.6) is 0 Å². The highest BCUT2D eigenvalue weighted by molar-refractivity contribution is 5.86. The molecule has 4 heteroatoms. The Bertz CT molecular complexity index is 346. The van der Waals surface area contributed by atoms with E-state index in [1.807, 2.05) is 6.92 Å². The Morgan fingerprint density at radius 2 is 2.20 bits per heavy atom. The molecule has 1 rings (SSSR count). The van der Waals surface area contributed by atoms with E-state index in [0.717, 1.165) is 5.56 Å². The largest absolute Gasteiger partial charge is 0.501 e. The molecule has 0 aromatic carbocycles. The first-order chi connectivity index (χ1) is 7.24. The Morgan fingerprint density at radius 3 is 2.73 bits per heavy atom. The first kappa shape index (κ1) is 11.2. The normalized spacial score (nSPS) is 11.1. The summed E-state index contributed by atoms with van der Waals surface area (Å²) in [4.78, 5) is 14.7. The predicted octanol–water partition coefficient (Wildman–Crippen LogP) is 1.63. The Kier molecular flexibility index (Phi) is 4.34. The van der Waals surface area contributed by atoms with Gasteiger partial charge in [-0.1, -0.05) is 0 Å². The van der Waals surface area contributed by atoms with E-state index in [2.05, 4.69) is 4.98 Å². The second-order valence-electron chi connectivity index (χ2n) is 2.94. The average molecular weight is 207 g/mol. The second-order valence-corrected chi connectivity index (χ2v) is 2.94. The summed E-state index contributed by atoms with van der Waals surface area (Å²) < 4.78 is 4.97. The lowest BCUT2D eigenvalue weighted by Crippen LogP contribution is -2.05. The van der Waals surface area contributed by atoms with Crippen molar-refractivity contribution < 1.29 is 14.6 Å². The zero-order chi connectivity index (χ0) is 11.1. The maximum atomic E-state index is 10.8. The molecule has 1 aromatic heterocycles. The molecule has 1 aromatic rings. The van der Waals surface area contributed by atoms with Crippen LogP contribution in [0.15, 0.2) is 36.4 Å². The summed E-state index contributed by atoms with van der Waals surface area (Å²) in [5, 5.41) is 8.90. The van der Waals surface area contributed by atoms with E-state index in [1.165, 1.54) is 6.26 Å². The van der Waals surface area contributed by atoms with Gasteiger partial charge >= 0.3 is 5.97 Å². The molecule has 0 aliphatic rings. The topological polar surface area (TPSA) is 59.4 Å². The smallest absolute Gasteiger partial charge is 0.335 e. The van der Waals surface area contributed by atoms with E-state index >= 15 is 0 Å². The van der Waals surface area contributed by atoms with Crippen molar-refractivity contribution in [2.75, 3.05) is 6.61 Å². The summed E-state index contributed by atoms with van der Waals surface area (Å²) in [6.45, 7) is 2.27. The number of pyridine rings is 1. The Balaban J connectivity index is 2.72. The van der Waals surface area contributed by atoms with E-state index in [9.17, 15) is 4.79 Å². The van der Waals surface area contributed by atoms with Crippen LogP contribution in [0.3, 0.4) is 0 Å². The standard InChI is InChI=1S/C11H13NO3/c1-2-15-8-10(11(13)14)7-9-3-5-12-6-4-9/h3-6,8H,2,7H2,1H3,(H,13,14). The van der Waals surface area contributed by atoms with Gasteiger partial charge in [0.05, 0.1) is 18.4 Å². The van der Waals surface area contributed by atoms with Gasteiger partial charge in [0.15, 0.2) is 0 Å². The molecule has 0 amide bonds. The first-order valence-electron chi connectivity index (χ1n) is 4.67. The van der Waals surface area contributed by atoms with Crippen LogP contribution in [-0.4, -0.2) is 22.7 Å². The van der Waals surface area contributed by atoms with Crippen LogP contribution in [-0.2, 0) is 16.0 Å². The van der Waals surface area contributed by atoms with E-state index < -0.39 is 5.97 Å². The third-order valence-corrected chi connectivity index (χ3v) is 1.81. The predicted molar refractivity (Wildman–Crippen MR) is 55.3 cm³/mol. The van der Waals surface area contributed by atoms with Crippen LogP contribution in [0.4, 0.5) is 0 Å². The third-order valence-electron chi connectivity index (χ3n) is 1.81. The van der Waals surface area contributed by atoms with Gasteiger partial charge in [0, 0.05) is 18.8 Å². The summed E-state index contributed by atoms with van der Waals surface area (Å²) in [6.07, 6.45) is 4.91. The van der Waals surface area contributed by atoms with Gasteiger partial charge in [-0.15, -0.1) is 0 Å². The van der Waals surface area contributed by atoms with E-state index in [0.29, 0.717) is 13.0 Å². The molecule has 0 saturated carbocycles. The molecule has 0 aliphatic carbocycles. The summed E-state index contributed by atoms with van der Waals surface area (Å²) >= 11 is 0. The maximum absolute atomic E-state index is 10.8. The fourth-order valence-corrected chi connectivity index (χ4v) is 1.07. The van der Waals surface area contributed by atoms with Crippen molar-refractivity contribution >= 4 is 5.97 Å². The van der Waals surface area contributed by atoms with Crippen molar-refractivity contribution in [3.63, 3.8) is 0 Å². The summed E-state index contributed by atoms with van der Waals surface area (Å²) in [5.41, 5.74) is 1.14. The summed E-state index contributed by atoms with van der Waals surface area (Å²) in [6, 6.07) is 3.56. The molecule has 80 valence electrons. The van der Waals surface area contributed by atoms with Crippen molar-refractivity contribution in [3.05, 3.63) is 41.9 Å². The minimum Gasteiger partial charge on any atom is -0.501 e. The number of carboxylic acids is 1. The van der Waals surface area contributed by atoms with Gasteiger partial charge in [-0.3, -0.25) is 4.98 Å². The quantitative estimate of drug-likeness (QED) is 0.589. The molecule has 0 radical (unpaired) electrons. The van der Waals surface area contributed by atoms with Gasteiger partial charge < -0.3 is 9.84 Å². The molecule has 1 heterocycles. The van der Waals surface area contributed by atoms with Gasteiger partial charge in [0.2, 0.25) is 0 Å². The minimum atomic E-state index is -0.958. The Morgan fingerprint density at radius 1 is 1.53 bits per heavy atom. The lowest BCUT2D eigenvalue weighted by atomic mass is 10.1. The molecule has 0 unspecified atom stereocenters. The highest BCUT2D eigenvalue weighted by Crippen LogP contribution is 2.07. The van der Waals surface area contributed by atoms with Crippen molar-refractivity contribution in [2.24, 2.45) is 0 Å². The SMILES string of the molecule is CCOC=C(Cc1ccncc1)C(=O)O. The number of hydrogen-bond donors (Lipinski definition) is 1. The van der Waals surface area contributed by atoms with Crippen LogP contribution in [0.25, 0.3) is 0 Å². The molecule has 0 atom stereocenters. The number of hydrogen-bond acceptors (Lipinski definition) is 3. The Hall–Kier alpha value is -1.84. The molecular weight excluding hydrogens is 194 g/mol. The number of rotatable bonds is 5. The summed E-state index contributed by atoms with van der Waals surface area (Å²) in [5.74, 6) is -0.958. The fraction of sp³-hybridized carbons (Fsp3) is 0.273. The number of aromatic nitrogens is 1. The van der Waals surface area contributed by atoms with E-state index in [-0.39, 0.29) is 5.57 Å². The van der Waals surface area contributed by atoms with Crippen LogP contribution >= 0.6 is 0 Å². The summed E-state index contributed by atoms with van der Waals surface area (Å²) in [7, 11) is 0. The highest BCUT2D eigenvalue weighted by atomic mass is 16.5. The van der Waals surface area contributed by atoms with Crippen LogP contribution in [0.2, 0.25) is 0 Å². The zero-order valence-corrected chi connectivity index (χ0v) is 8.51. The molecular formula is C11H13NO3. The molecule has 0 saturated heterocycles. The van der Waals surface area contributed by atoms with Crippen molar-refractivity contribution in [2.45, 2.75) is 13.3 Å². The number of carbonyl (C=O) groups is 1. The number of carboxylic acid groups (broad SMARTS) is 1. The molecule has 0 spiro atoms. The lowest BCUT2D eigenvalue weighted by Gasteiger charge is -2.02. The number of aliphatic carboxylic acids is 1. The lowest BCUT2D eigenvalue weighted by molar-refractivity contribution is -0.132. The first-order valence-corrected chi connectivity index (χ1v) is 4.67. The molecule has 0 aliphatic heterocycles. The molecule has 1 N–H and O–H groups in total. The van der Waals surface area contributed by atoms with Crippen molar-refractivity contribution in [1.29, 1.82) is 0 Å². The zero-order valence-electron chi connectivity index (χ0n) is 8.51. The maximum Gasteiger partial charge on any atom is 0.335 e. The van der Waals surface area contributed by atoms with E-state index in [1.54, 1.807) is 24.5 Å². The monoisotopic (exact) mass is 207 g/mol. The van der Waals surface area contributed by atoms with Crippen LogP contribution in [0, 0.1) is 0 Å². The minimum absolute atomic E-state index is 0.239. The second kappa shape index (κ2) is 5.80. The molecule has 15 heavy (non-hydrogen) atoms. The van der Waals surface area contributed by atoms with Gasteiger partial charge in [-0.2, -0.15) is 0 Å². The van der Waals surface area contributed by atoms with Gasteiger partial charge in [-0.25, -0.2) is 4.79 Å². The number of nitrogens with zero attached hydrogens (tertiary/aromatic N) is 1.